The average molecular weight is 232 g/mol. The Morgan fingerprint density at radius 2 is 2.24 bits per heavy atom. The number of aromatic nitrogens is 1. The maximum Gasteiger partial charge on any atom is 0.237 e. The Labute approximate surface area is 101 Å². The number of nitrogens with zero attached hydrogens (tertiary/aromatic N) is 1. The van der Waals surface area contributed by atoms with Crippen LogP contribution in [0.2, 0.25) is 0 Å². The molecule has 90 valence electrons. The van der Waals surface area contributed by atoms with Crippen LogP contribution in [0, 0.1) is 0 Å². The van der Waals surface area contributed by atoms with Gasteiger partial charge in [0.2, 0.25) is 5.88 Å². The van der Waals surface area contributed by atoms with Gasteiger partial charge in [-0.2, -0.15) is 0 Å². The Morgan fingerprint density at radius 1 is 1.35 bits per heavy atom. The van der Waals surface area contributed by atoms with Crippen LogP contribution in [0.4, 0.5) is 5.69 Å². The monoisotopic (exact) mass is 232 g/mol. The second-order valence-electron chi connectivity index (χ2n) is 3.96. The number of furan rings is 1. The first-order chi connectivity index (χ1) is 8.25. The van der Waals surface area contributed by atoms with Crippen molar-refractivity contribution in [3.05, 3.63) is 42.5 Å². The van der Waals surface area contributed by atoms with Gasteiger partial charge in [-0.25, -0.2) is 4.98 Å². The highest BCUT2D eigenvalue weighted by Gasteiger charge is 2.06. The predicted octanol–water partition coefficient (Wildman–Crippen LogP) is 3.07. The molecule has 2 aromatic rings. The Bertz CT molecular complexity index is 452. The maximum absolute atomic E-state index is 5.61. The molecule has 0 fully saturated rings. The van der Waals surface area contributed by atoms with E-state index >= 15 is 0 Å². The highest BCUT2D eigenvalue weighted by molar-refractivity contribution is 5.52. The molecule has 0 saturated carbocycles. The van der Waals surface area contributed by atoms with Crippen molar-refractivity contribution in [2.75, 3.05) is 5.32 Å². The number of anilines is 1. The normalized spacial score (nSPS) is 10.5. The van der Waals surface area contributed by atoms with Crippen molar-refractivity contribution >= 4 is 5.69 Å². The molecule has 0 saturated heterocycles. The fourth-order valence-corrected chi connectivity index (χ4v) is 1.44. The van der Waals surface area contributed by atoms with E-state index in [1.165, 1.54) is 0 Å². The molecule has 0 radical (unpaired) electrons. The maximum atomic E-state index is 5.61. The van der Waals surface area contributed by atoms with E-state index in [-0.39, 0.29) is 6.10 Å². The molecule has 0 spiro atoms. The summed E-state index contributed by atoms with van der Waals surface area (Å²) in [6.07, 6.45) is 3.48. The summed E-state index contributed by atoms with van der Waals surface area (Å²) in [6.45, 7) is 4.57. The van der Waals surface area contributed by atoms with Gasteiger partial charge in [-0.1, -0.05) is 0 Å². The fourth-order valence-electron chi connectivity index (χ4n) is 1.44. The molecule has 2 aromatic heterocycles. The van der Waals surface area contributed by atoms with Crippen molar-refractivity contribution in [1.29, 1.82) is 0 Å². The average Bonchev–Trinajstić information content (AvgIpc) is 2.80. The largest absolute Gasteiger partial charge is 0.473 e. The van der Waals surface area contributed by atoms with Crippen LogP contribution in [0.5, 0.6) is 5.88 Å². The van der Waals surface area contributed by atoms with Crippen LogP contribution < -0.4 is 10.1 Å². The van der Waals surface area contributed by atoms with Gasteiger partial charge < -0.3 is 14.5 Å². The van der Waals surface area contributed by atoms with Crippen molar-refractivity contribution in [3.63, 3.8) is 0 Å². The van der Waals surface area contributed by atoms with E-state index in [0.29, 0.717) is 12.4 Å². The van der Waals surface area contributed by atoms with Crippen LogP contribution in [0.15, 0.2) is 41.1 Å². The van der Waals surface area contributed by atoms with E-state index in [4.69, 9.17) is 9.15 Å². The number of hydrogen-bond donors (Lipinski definition) is 1. The molecule has 0 atom stereocenters. The van der Waals surface area contributed by atoms with Gasteiger partial charge in [0.25, 0.3) is 0 Å². The third-order valence-corrected chi connectivity index (χ3v) is 2.15. The summed E-state index contributed by atoms with van der Waals surface area (Å²) in [7, 11) is 0. The van der Waals surface area contributed by atoms with Crippen LogP contribution in [0.1, 0.15) is 19.6 Å². The lowest BCUT2D eigenvalue weighted by Gasteiger charge is -2.13. The van der Waals surface area contributed by atoms with Gasteiger partial charge in [-0.3, -0.25) is 0 Å². The van der Waals surface area contributed by atoms with Crippen molar-refractivity contribution in [2.45, 2.75) is 26.5 Å². The molecule has 0 aromatic carbocycles. The molecular weight excluding hydrogens is 216 g/mol. The zero-order chi connectivity index (χ0) is 12.1. The van der Waals surface area contributed by atoms with E-state index in [0.717, 1.165) is 11.4 Å². The van der Waals surface area contributed by atoms with E-state index in [1.807, 2.05) is 38.1 Å². The van der Waals surface area contributed by atoms with Gasteiger partial charge >= 0.3 is 0 Å². The third kappa shape index (κ3) is 3.24. The first kappa shape index (κ1) is 11.5. The summed E-state index contributed by atoms with van der Waals surface area (Å²) >= 11 is 0. The third-order valence-electron chi connectivity index (χ3n) is 2.15. The van der Waals surface area contributed by atoms with E-state index in [1.54, 1.807) is 12.5 Å². The lowest BCUT2D eigenvalue weighted by molar-refractivity contribution is 0.234. The molecule has 0 bridgehead atoms. The van der Waals surface area contributed by atoms with Crippen molar-refractivity contribution < 1.29 is 9.15 Å². The SMILES string of the molecule is CC(C)Oc1ncccc1NCc1ccco1. The van der Waals surface area contributed by atoms with Crippen LogP contribution in [0.3, 0.4) is 0 Å². The first-order valence-electron chi connectivity index (χ1n) is 5.63. The van der Waals surface area contributed by atoms with Crippen molar-refractivity contribution in [2.24, 2.45) is 0 Å². The van der Waals surface area contributed by atoms with Crippen LogP contribution in [-0.4, -0.2) is 11.1 Å². The lowest BCUT2D eigenvalue weighted by atomic mass is 10.3. The second-order valence-corrected chi connectivity index (χ2v) is 3.96. The number of pyridine rings is 1. The summed E-state index contributed by atoms with van der Waals surface area (Å²) in [4.78, 5) is 4.20. The fraction of sp³-hybridized carbons (Fsp3) is 0.308. The number of hydrogen-bond acceptors (Lipinski definition) is 4. The van der Waals surface area contributed by atoms with Gasteiger partial charge in [0.05, 0.1) is 24.6 Å². The quantitative estimate of drug-likeness (QED) is 0.860. The molecule has 4 nitrogen and oxygen atoms in total. The Hall–Kier alpha value is -1.97. The highest BCUT2D eigenvalue weighted by Crippen LogP contribution is 2.22. The summed E-state index contributed by atoms with van der Waals surface area (Å²) < 4.78 is 10.9. The van der Waals surface area contributed by atoms with E-state index in [2.05, 4.69) is 10.3 Å². The zero-order valence-corrected chi connectivity index (χ0v) is 10.0. The van der Waals surface area contributed by atoms with E-state index < -0.39 is 0 Å². The van der Waals surface area contributed by atoms with E-state index in [9.17, 15) is 0 Å². The van der Waals surface area contributed by atoms with Crippen LogP contribution in [-0.2, 0) is 6.54 Å². The molecule has 0 unspecified atom stereocenters. The second kappa shape index (κ2) is 5.39. The van der Waals surface area contributed by atoms with Crippen LogP contribution >= 0.6 is 0 Å². The first-order valence-corrected chi connectivity index (χ1v) is 5.63. The van der Waals surface area contributed by atoms with Crippen molar-refractivity contribution in [1.82, 2.24) is 4.98 Å². The predicted molar refractivity (Wildman–Crippen MR) is 66.0 cm³/mol. The van der Waals surface area contributed by atoms with Gasteiger partial charge in [-0.15, -0.1) is 0 Å². The minimum Gasteiger partial charge on any atom is -0.473 e. The van der Waals surface area contributed by atoms with Crippen molar-refractivity contribution in [3.8, 4) is 5.88 Å². The summed E-state index contributed by atoms with van der Waals surface area (Å²) in [5.41, 5.74) is 0.873. The summed E-state index contributed by atoms with van der Waals surface area (Å²) in [6, 6.07) is 7.60. The minimum absolute atomic E-state index is 0.106. The Balaban J connectivity index is 2.04. The molecule has 0 aliphatic rings. The molecule has 2 heterocycles. The zero-order valence-electron chi connectivity index (χ0n) is 10.0. The van der Waals surface area contributed by atoms with Gasteiger partial charge in [0, 0.05) is 6.20 Å². The molecule has 2 rings (SSSR count). The summed E-state index contributed by atoms with van der Waals surface area (Å²) in [5.74, 6) is 1.50. The smallest absolute Gasteiger partial charge is 0.237 e. The molecule has 0 aliphatic carbocycles. The molecule has 4 heteroatoms. The molecule has 1 N–H and O–H groups in total. The molecular formula is C13H16N2O2. The molecule has 0 aliphatic heterocycles. The van der Waals surface area contributed by atoms with Gasteiger partial charge in [-0.05, 0) is 38.1 Å². The highest BCUT2D eigenvalue weighted by atomic mass is 16.5. The topological polar surface area (TPSA) is 47.3 Å². The minimum atomic E-state index is 0.106. The number of ether oxygens (including phenoxy) is 1. The number of nitrogens with one attached hydrogen (secondary N) is 1. The van der Waals surface area contributed by atoms with Gasteiger partial charge in [0.1, 0.15) is 5.76 Å². The standard InChI is InChI=1S/C13H16N2O2/c1-10(2)17-13-12(6-3-7-14-13)15-9-11-5-4-8-16-11/h3-8,10,15H,9H2,1-2H3. The molecule has 17 heavy (non-hydrogen) atoms. The van der Waals surface area contributed by atoms with Gasteiger partial charge in [0.15, 0.2) is 0 Å². The van der Waals surface area contributed by atoms with Crippen LogP contribution in [0.25, 0.3) is 0 Å². The number of rotatable bonds is 5. The molecule has 0 amide bonds. The summed E-state index contributed by atoms with van der Waals surface area (Å²) in [5, 5.41) is 3.24. The Morgan fingerprint density at radius 3 is 2.94 bits per heavy atom. The lowest BCUT2D eigenvalue weighted by Crippen LogP contribution is -2.09. The Kier molecular flexibility index (Phi) is 3.65.